The SMILES string of the molecule is CCCCCc1ccc(CCc2cc(C#N)ccc2-c2ccccc2)cc1. The molecule has 0 N–H and O–H groups in total. The second-order valence-electron chi connectivity index (χ2n) is 7.12. The molecule has 3 aromatic carbocycles. The van der Waals surface area contributed by atoms with E-state index >= 15 is 0 Å². The zero-order valence-electron chi connectivity index (χ0n) is 16.1. The van der Waals surface area contributed by atoms with Crippen LogP contribution in [0.2, 0.25) is 0 Å². The molecule has 0 bridgehead atoms. The minimum atomic E-state index is 0.732. The zero-order valence-corrected chi connectivity index (χ0v) is 16.1. The second kappa shape index (κ2) is 9.74. The number of benzene rings is 3. The van der Waals surface area contributed by atoms with Crippen molar-refractivity contribution < 1.29 is 0 Å². The van der Waals surface area contributed by atoms with Crippen molar-refractivity contribution in [3.8, 4) is 17.2 Å². The van der Waals surface area contributed by atoms with E-state index < -0.39 is 0 Å². The number of unbranched alkanes of at least 4 members (excludes halogenated alkanes) is 2. The topological polar surface area (TPSA) is 23.8 Å². The third kappa shape index (κ3) is 5.31. The van der Waals surface area contributed by atoms with Crippen molar-refractivity contribution in [2.75, 3.05) is 0 Å². The van der Waals surface area contributed by atoms with Crippen LogP contribution in [0.25, 0.3) is 11.1 Å². The molecule has 0 saturated heterocycles. The molecule has 0 amide bonds. The van der Waals surface area contributed by atoms with Crippen LogP contribution >= 0.6 is 0 Å². The maximum atomic E-state index is 9.28. The summed E-state index contributed by atoms with van der Waals surface area (Å²) in [5, 5.41) is 9.28. The number of hydrogen-bond donors (Lipinski definition) is 0. The summed E-state index contributed by atoms with van der Waals surface area (Å²) < 4.78 is 0. The van der Waals surface area contributed by atoms with Gasteiger partial charge in [0.15, 0.2) is 0 Å². The van der Waals surface area contributed by atoms with Crippen LogP contribution in [0.15, 0.2) is 72.8 Å². The highest BCUT2D eigenvalue weighted by Gasteiger charge is 2.07. The first-order chi connectivity index (χ1) is 13.3. The minimum Gasteiger partial charge on any atom is -0.192 e. The predicted molar refractivity (Wildman–Crippen MR) is 114 cm³/mol. The molecule has 0 aliphatic carbocycles. The zero-order chi connectivity index (χ0) is 18.9. The molecule has 0 spiro atoms. The molecule has 27 heavy (non-hydrogen) atoms. The second-order valence-corrected chi connectivity index (χ2v) is 7.12. The molecule has 0 aliphatic heterocycles. The molecule has 0 heterocycles. The van der Waals surface area contributed by atoms with Gasteiger partial charge in [-0.05, 0) is 65.6 Å². The Bertz CT molecular complexity index is 886. The highest BCUT2D eigenvalue weighted by Crippen LogP contribution is 2.26. The molecule has 3 rings (SSSR count). The van der Waals surface area contributed by atoms with E-state index in [-0.39, 0.29) is 0 Å². The van der Waals surface area contributed by atoms with Gasteiger partial charge in [-0.1, -0.05) is 80.4 Å². The van der Waals surface area contributed by atoms with Gasteiger partial charge in [0.25, 0.3) is 0 Å². The molecule has 0 atom stereocenters. The Kier molecular flexibility index (Phi) is 6.83. The van der Waals surface area contributed by atoms with Crippen molar-refractivity contribution in [3.63, 3.8) is 0 Å². The van der Waals surface area contributed by atoms with Gasteiger partial charge in [-0.3, -0.25) is 0 Å². The van der Waals surface area contributed by atoms with E-state index in [1.54, 1.807) is 0 Å². The summed E-state index contributed by atoms with van der Waals surface area (Å²) in [4.78, 5) is 0. The fourth-order valence-electron chi connectivity index (χ4n) is 3.50. The highest BCUT2D eigenvalue weighted by atomic mass is 14.2. The maximum absolute atomic E-state index is 9.28. The Morgan fingerprint density at radius 1 is 0.741 bits per heavy atom. The lowest BCUT2D eigenvalue weighted by atomic mass is 9.93. The lowest BCUT2D eigenvalue weighted by Crippen LogP contribution is -1.96. The number of hydrogen-bond acceptors (Lipinski definition) is 1. The van der Waals surface area contributed by atoms with Crippen molar-refractivity contribution in [3.05, 3.63) is 95.1 Å². The summed E-state index contributed by atoms with van der Waals surface area (Å²) in [6, 6.07) is 27.8. The first kappa shape index (κ1) is 18.9. The fraction of sp³-hybridized carbons (Fsp3) is 0.269. The van der Waals surface area contributed by atoms with Crippen LogP contribution in [0.1, 0.15) is 48.4 Å². The van der Waals surface area contributed by atoms with Crippen molar-refractivity contribution in [2.45, 2.75) is 45.4 Å². The third-order valence-corrected chi connectivity index (χ3v) is 5.09. The standard InChI is InChI=1S/C26H27N/c1-2-3-5-8-21-11-13-22(14-12-21)15-17-25-19-23(20-27)16-18-26(25)24-9-6-4-7-10-24/h4,6-7,9-14,16,18-19H,2-3,5,8,15,17H2,1H3. The van der Waals surface area contributed by atoms with E-state index in [4.69, 9.17) is 0 Å². The van der Waals surface area contributed by atoms with E-state index in [2.05, 4.69) is 67.6 Å². The van der Waals surface area contributed by atoms with Crippen LogP contribution in [0.5, 0.6) is 0 Å². The molecule has 0 radical (unpaired) electrons. The van der Waals surface area contributed by atoms with Gasteiger partial charge >= 0.3 is 0 Å². The van der Waals surface area contributed by atoms with Crippen LogP contribution in [0.3, 0.4) is 0 Å². The average Bonchev–Trinajstić information content (AvgIpc) is 2.74. The Balaban J connectivity index is 1.72. The smallest absolute Gasteiger partial charge is 0.0991 e. The molecular formula is C26H27N. The van der Waals surface area contributed by atoms with Crippen LogP contribution in [-0.2, 0) is 19.3 Å². The summed E-state index contributed by atoms with van der Waals surface area (Å²) in [5.41, 5.74) is 7.21. The quantitative estimate of drug-likeness (QED) is 0.411. The first-order valence-corrected chi connectivity index (χ1v) is 9.96. The van der Waals surface area contributed by atoms with Gasteiger partial charge in [-0.2, -0.15) is 5.26 Å². The molecule has 0 aromatic heterocycles. The van der Waals surface area contributed by atoms with E-state index in [1.807, 2.05) is 18.2 Å². The predicted octanol–water partition coefficient (Wildman–Crippen LogP) is 6.74. The van der Waals surface area contributed by atoms with Gasteiger partial charge in [0, 0.05) is 0 Å². The van der Waals surface area contributed by atoms with Crippen LogP contribution in [0.4, 0.5) is 0 Å². The Labute approximate surface area is 163 Å². The van der Waals surface area contributed by atoms with Gasteiger partial charge in [0.05, 0.1) is 11.6 Å². The highest BCUT2D eigenvalue weighted by molar-refractivity contribution is 5.68. The van der Waals surface area contributed by atoms with E-state index in [1.165, 1.54) is 53.5 Å². The average molecular weight is 354 g/mol. The van der Waals surface area contributed by atoms with Gasteiger partial charge in [-0.15, -0.1) is 0 Å². The minimum absolute atomic E-state index is 0.732. The van der Waals surface area contributed by atoms with Gasteiger partial charge in [0.1, 0.15) is 0 Å². The molecule has 1 nitrogen and oxygen atoms in total. The van der Waals surface area contributed by atoms with Crippen LogP contribution in [-0.4, -0.2) is 0 Å². The van der Waals surface area contributed by atoms with Gasteiger partial charge < -0.3 is 0 Å². The number of nitriles is 1. The monoisotopic (exact) mass is 353 g/mol. The molecule has 1 heteroatoms. The molecular weight excluding hydrogens is 326 g/mol. The lowest BCUT2D eigenvalue weighted by molar-refractivity contribution is 0.717. The van der Waals surface area contributed by atoms with Crippen molar-refractivity contribution in [1.29, 1.82) is 5.26 Å². The van der Waals surface area contributed by atoms with E-state index in [0.717, 1.165) is 18.4 Å². The Morgan fingerprint density at radius 2 is 1.44 bits per heavy atom. The molecule has 136 valence electrons. The number of nitrogens with zero attached hydrogens (tertiary/aromatic N) is 1. The third-order valence-electron chi connectivity index (χ3n) is 5.09. The molecule has 0 aliphatic rings. The molecule has 0 fully saturated rings. The van der Waals surface area contributed by atoms with Crippen molar-refractivity contribution in [1.82, 2.24) is 0 Å². The largest absolute Gasteiger partial charge is 0.192 e. The number of aryl methyl sites for hydroxylation is 3. The molecule has 0 saturated carbocycles. The van der Waals surface area contributed by atoms with Crippen molar-refractivity contribution in [2.24, 2.45) is 0 Å². The van der Waals surface area contributed by atoms with Crippen molar-refractivity contribution >= 4 is 0 Å². The van der Waals surface area contributed by atoms with Crippen LogP contribution in [0, 0.1) is 11.3 Å². The van der Waals surface area contributed by atoms with Crippen LogP contribution < -0.4 is 0 Å². The summed E-state index contributed by atoms with van der Waals surface area (Å²) in [5.74, 6) is 0. The molecule has 0 unspecified atom stereocenters. The van der Waals surface area contributed by atoms with Gasteiger partial charge in [0.2, 0.25) is 0 Å². The first-order valence-electron chi connectivity index (χ1n) is 9.96. The summed E-state index contributed by atoms with van der Waals surface area (Å²) in [6.45, 7) is 2.24. The normalized spacial score (nSPS) is 10.5. The lowest BCUT2D eigenvalue weighted by Gasteiger charge is -2.11. The number of rotatable bonds is 8. The summed E-state index contributed by atoms with van der Waals surface area (Å²) in [7, 11) is 0. The molecule has 3 aromatic rings. The summed E-state index contributed by atoms with van der Waals surface area (Å²) >= 11 is 0. The Morgan fingerprint density at radius 3 is 2.11 bits per heavy atom. The summed E-state index contributed by atoms with van der Waals surface area (Å²) in [6.07, 6.45) is 6.95. The van der Waals surface area contributed by atoms with E-state index in [9.17, 15) is 5.26 Å². The van der Waals surface area contributed by atoms with E-state index in [0.29, 0.717) is 0 Å². The van der Waals surface area contributed by atoms with Gasteiger partial charge in [-0.25, -0.2) is 0 Å². The maximum Gasteiger partial charge on any atom is 0.0991 e. The Hall–Kier alpha value is -2.85. The fourth-order valence-corrected chi connectivity index (χ4v) is 3.50.